The van der Waals surface area contributed by atoms with E-state index in [2.05, 4.69) is 4.90 Å². The fraction of sp³-hybridized carbons (Fsp3) is 0.467. The molecule has 0 fully saturated rings. The van der Waals surface area contributed by atoms with Crippen molar-refractivity contribution in [1.82, 2.24) is 9.80 Å². The molecule has 110 valence electrons. The first-order valence-corrected chi connectivity index (χ1v) is 6.58. The molecule has 0 aromatic heterocycles. The number of likely N-dealkylation sites (N-methyl/N-ethyl adjacent to an activating group) is 1. The van der Waals surface area contributed by atoms with Gasteiger partial charge >= 0.3 is 5.97 Å². The van der Waals surface area contributed by atoms with Gasteiger partial charge < -0.3 is 14.5 Å². The minimum atomic E-state index is -0.396. The van der Waals surface area contributed by atoms with Crippen LogP contribution in [0, 0.1) is 0 Å². The Hall–Kier alpha value is -1.88. The van der Waals surface area contributed by atoms with E-state index in [4.69, 9.17) is 4.74 Å². The monoisotopic (exact) mass is 278 g/mol. The average molecular weight is 278 g/mol. The van der Waals surface area contributed by atoms with Crippen molar-refractivity contribution in [2.75, 3.05) is 34.3 Å². The van der Waals surface area contributed by atoms with Crippen LogP contribution >= 0.6 is 0 Å². The highest BCUT2D eigenvalue weighted by molar-refractivity contribution is 5.95. The van der Waals surface area contributed by atoms with E-state index in [1.807, 2.05) is 26.2 Å². The van der Waals surface area contributed by atoms with Gasteiger partial charge in [0, 0.05) is 19.2 Å². The molecule has 1 aromatic rings. The standard InChI is InChI=1S/C15H22N2O3/c1-5-20-14(18)11-17(4)15(19)13-8-6-12(7-9-13)10-16(2)3/h6-9H,5,10-11H2,1-4H3. The summed E-state index contributed by atoms with van der Waals surface area (Å²) >= 11 is 0. The summed E-state index contributed by atoms with van der Waals surface area (Å²) in [7, 11) is 5.57. The molecule has 0 heterocycles. The van der Waals surface area contributed by atoms with Crippen LogP contribution in [0.5, 0.6) is 0 Å². The van der Waals surface area contributed by atoms with Gasteiger partial charge in [0.15, 0.2) is 0 Å². The Morgan fingerprint density at radius 3 is 2.20 bits per heavy atom. The second kappa shape index (κ2) is 7.65. The van der Waals surface area contributed by atoms with E-state index in [1.54, 1.807) is 26.1 Å². The Morgan fingerprint density at radius 2 is 1.70 bits per heavy atom. The highest BCUT2D eigenvalue weighted by atomic mass is 16.5. The Balaban J connectivity index is 2.64. The van der Waals surface area contributed by atoms with Crippen LogP contribution in [0.15, 0.2) is 24.3 Å². The number of ether oxygens (including phenoxy) is 1. The van der Waals surface area contributed by atoms with Gasteiger partial charge in [0.1, 0.15) is 6.54 Å². The highest BCUT2D eigenvalue weighted by Crippen LogP contribution is 2.08. The summed E-state index contributed by atoms with van der Waals surface area (Å²) < 4.78 is 4.82. The summed E-state index contributed by atoms with van der Waals surface area (Å²) in [6.45, 7) is 2.85. The van der Waals surface area contributed by atoms with Crippen molar-refractivity contribution in [3.8, 4) is 0 Å². The summed E-state index contributed by atoms with van der Waals surface area (Å²) in [6.07, 6.45) is 0. The molecule has 0 aliphatic heterocycles. The van der Waals surface area contributed by atoms with E-state index >= 15 is 0 Å². The SMILES string of the molecule is CCOC(=O)CN(C)C(=O)c1ccc(CN(C)C)cc1. The van der Waals surface area contributed by atoms with Gasteiger partial charge in [-0.25, -0.2) is 0 Å². The molecule has 5 heteroatoms. The van der Waals surface area contributed by atoms with Crippen molar-refractivity contribution in [2.24, 2.45) is 0 Å². The lowest BCUT2D eigenvalue weighted by atomic mass is 10.1. The van der Waals surface area contributed by atoms with Crippen LogP contribution in [0.2, 0.25) is 0 Å². The normalized spacial score (nSPS) is 10.4. The zero-order chi connectivity index (χ0) is 15.1. The van der Waals surface area contributed by atoms with E-state index in [-0.39, 0.29) is 12.5 Å². The lowest BCUT2D eigenvalue weighted by molar-refractivity contribution is -0.143. The number of rotatable bonds is 6. The first kappa shape index (κ1) is 16.2. The van der Waals surface area contributed by atoms with Gasteiger partial charge in [-0.2, -0.15) is 0 Å². The van der Waals surface area contributed by atoms with E-state index in [9.17, 15) is 9.59 Å². The second-order valence-electron chi connectivity index (χ2n) is 4.90. The van der Waals surface area contributed by atoms with Gasteiger partial charge in [-0.1, -0.05) is 12.1 Å². The number of esters is 1. The molecule has 1 aromatic carbocycles. The smallest absolute Gasteiger partial charge is 0.325 e. The Morgan fingerprint density at radius 1 is 1.10 bits per heavy atom. The van der Waals surface area contributed by atoms with Crippen LogP contribution in [0.4, 0.5) is 0 Å². The number of hydrogen-bond acceptors (Lipinski definition) is 4. The van der Waals surface area contributed by atoms with Crippen LogP contribution in [-0.4, -0.2) is 56.0 Å². The third-order valence-corrected chi connectivity index (χ3v) is 2.72. The van der Waals surface area contributed by atoms with Gasteiger partial charge in [0.2, 0.25) is 0 Å². The minimum absolute atomic E-state index is 0.0356. The summed E-state index contributed by atoms with van der Waals surface area (Å²) in [5.41, 5.74) is 1.71. The third-order valence-electron chi connectivity index (χ3n) is 2.72. The molecule has 0 saturated carbocycles. The number of carbonyl (C=O) groups is 2. The fourth-order valence-corrected chi connectivity index (χ4v) is 1.81. The van der Waals surface area contributed by atoms with Gasteiger partial charge in [-0.15, -0.1) is 0 Å². The topological polar surface area (TPSA) is 49.9 Å². The van der Waals surface area contributed by atoms with Crippen LogP contribution in [-0.2, 0) is 16.1 Å². The number of carbonyl (C=O) groups excluding carboxylic acids is 2. The predicted octanol–water partition coefficient (Wildman–Crippen LogP) is 1.38. The minimum Gasteiger partial charge on any atom is -0.465 e. The molecule has 0 N–H and O–H groups in total. The Bertz CT molecular complexity index is 455. The molecule has 20 heavy (non-hydrogen) atoms. The second-order valence-corrected chi connectivity index (χ2v) is 4.90. The summed E-state index contributed by atoms with van der Waals surface area (Å²) in [5, 5.41) is 0. The highest BCUT2D eigenvalue weighted by Gasteiger charge is 2.15. The zero-order valence-corrected chi connectivity index (χ0v) is 12.5. The van der Waals surface area contributed by atoms with Crippen molar-refractivity contribution in [3.05, 3.63) is 35.4 Å². The van der Waals surface area contributed by atoms with Gasteiger partial charge in [0.25, 0.3) is 5.91 Å². The van der Waals surface area contributed by atoms with Crippen molar-refractivity contribution >= 4 is 11.9 Å². The molecule has 0 aliphatic carbocycles. The Labute approximate surface area is 120 Å². The van der Waals surface area contributed by atoms with Crippen LogP contribution in [0.3, 0.4) is 0 Å². The number of hydrogen-bond donors (Lipinski definition) is 0. The molecular weight excluding hydrogens is 256 g/mol. The molecule has 0 radical (unpaired) electrons. The molecule has 1 rings (SSSR count). The predicted molar refractivity (Wildman–Crippen MR) is 77.4 cm³/mol. The van der Waals surface area contributed by atoms with E-state index in [0.717, 1.165) is 12.1 Å². The number of nitrogens with zero attached hydrogens (tertiary/aromatic N) is 2. The van der Waals surface area contributed by atoms with Crippen molar-refractivity contribution in [3.63, 3.8) is 0 Å². The van der Waals surface area contributed by atoms with E-state index in [1.165, 1.54) is 4.90 Å². The maximum Gasteiger partial charge on any atom is 0.325 e. The largest absolute Gasteiger partial charge is 0.465 e. The van der Waals surface area contributed by atoms with Crippen molar-refractivity contribution < 1.29 is 14.3 Å². The quantitative estimate of drug-likeness (QED) is 0.738. The first-order chi connectivity index (χ1) is 9.43. The van der Waals surface area contributed by atoms with Crippen molar-refractivity contribution in [1.29, 1.82) is 0 Å². The molecule has 0 atom stereocenters. The lowest BCUT2D eigenvalue weighted by Crippen LogP contribution is -2.33. The molecular formula is C15H22N2O3. The number of amides is 1. The maximum absolute atomic E-state index is 12.1. The maximum atomic E-state index is 12.1. The van der Waals surface area contributed by atoms with Gasteiger partial charge in [-0.3, -0.25) is 9.59 Å². The fourth-order valence-electron chi connectivity index (χ4n) is 1.81. The molecule has 0 bridgehead atoms. The van der Waals surface area contributed by atoms with Crippen molar-refractivity contribution in [2.45, 2.75) is 13.5 Å². The van der Waals surface area contributed by atoms with Crippen LogP contribution in [0.25, 0.3) is 0 Å². The average Bonchev–Trinajstić information content (AvgIpc) is 2.38. The van der Waals surface area contributed by atoms with E-state index in [0.29, 0.717) is 12.2 Å². The van der Waals surface area contributed by atoms with Crippen LogP contribution in [0.1, 0.15) is 22.8 Å². The summed E-state index contributed by atoms with van der Waals surface area (Å²) in [6, 6.07) is 7.41. The molecule has 5 nitrogen and oxygen atoms in total. The lowest BCUT2D eigenvalue weighted by Gasteiger charge is -2.16. The van der Waals surface area contributed by atoms with E-state index < -0.39 is 5.97 Å². The molecule has 1 amide bonds. The third kappa shape index (κ3) is 5.01. The number of benzene rings is 1. The van der Waals surface area contributed by atoms with Gasteiger partial charge in [0.05, 0.1) is 6.61 Å². The summed E-state index contributed by atoms with van der Waals surface area (Å²) in [4.78, 5) is 26.9. The molecule has 0 aliphatic rings. The van der Waals surface area contributed by atoms with Crippen LogP contribution < -0.4 is 0 Å². The molecule has 0 unspecified atom stereocenters. The first-order valence-electron chi connectivity index (χ1n) is 6.58. The summed E-state index contributed by atoms with van der Waals surface area (Å²) in [5.74, 6) is -0.581. The van der Waals surface area contributed by atoms with Gasteiger partial charge in [-0.05, 0) is 38.7 Å². The Kier molecular flexibility index (Phi) is 6.18. The molecule has 0 saturated heterocycles. The zero-order valence-electron chi connectivity index (χ0n) is 12.5. The molecule has 0 spiro atoms.